The molecule has 0 spiro atoms. The zero-order chi connectivity index (χ0) is 15.2. The number of benzene rings is 1. The quantitative estimate of drug-likeness (QED) is 0.412. The van der Waals surface area contributed by atoms with E-state index >= 15 is 0 Å². The van der Waals surface area contributed by atoms with Crippen LogP contribution in [0.25, 0.3) is 0 Å². The first-order chi connectivity index (χ1) is 10.2. The van der Waals surface area contributed by atoms with Crippen molar-refractivity contribution in [2.24, 2.45) is 0 Å². The van der Waals surface area contributed by atoms with Crippen LogP contribution >= 0.6 is 0 Å². The Labute approximate surface area is 123 Å². The van der Waals surface area contributed by atoms with E-state index in [2.05, 4.69) is 10.6 Å². The summed E-state index contributed by atoms with van der Waals surface area (Å²) in [6.45, 7) is 1.58. The molecule has 1 saturated carbocycles. The van der Waals surface area contributed by atoms with Crippen LogP contribution in [0.5, 0.6) is 11.5 Å². The van der Waals surface area contributed by atoms with E-state index in [1.165, 1.54) is 33.1 Å². The smallest absolute Gasteiger partial charge is 0.296 e. The molecule has 0 radical (unpaired) electrons. The van der Waals surface area contributed by atoms with Gasteiger partial charge in [-0.1, -0.05) is 0 Å². The Bertz CT molecular complexity index is 503. The van der Waals surface area contributed by atoms with Crippen molar-refractivity contribution in [3.8, 4) is 11.5 Å². The SMILES string of the molecule is COc1cc(NCCCNC2CC2)c([N+](=O)[O-])cc1OC. The lowest BCUT2D eigenvalue weighted by atomic mass is 10.2. The Morgan fingerprint density at radius 2 is 1.90 bits per heavy atom. The standard InChI is InChI=1S/C14H21N3O4/c1-20-13-8-11(12(17(18)19)9-14(13)21-2)16-7-3-6-15-10-4-5-10/h8-10,15-16H,3-7H2,1-2H3. The van der Waals surface area contributed by atoms with Crippen LogP contribution in [0, 0.1) is 10.1 Å². The van der Waals surface area contributed by atoms with Gasteiger partial charge in [0.1, 0.15) is 5.69 Å². The number of nitro groups is 1. The maximum atomic E-state index is 11.1. The lowest BCUT2D eigenvalue weighted by molar-refractivity contribution is -0.384. The summed E-state index contributed by atoms with van der Waals surface area (Å²) in [6, 6.07) is 3.66. The summed E-state index contributed by atoms with van der Waals surface area (Å²) >= 11 is 0. The van der Waals surface area contributed by atoms with Crippen LogP contribution in [-0.4, -0.2) is 38.3 Å². The van der Waals surface area contributed by atoms with Crippen molar-refractivity contribution in [2.75, 3.05) is 32.6 Å². The van der Waals surface area contributed by atoms with Gasteiger partial charge in [-0.05, 0) is 25.8 Å². The number of hydrogen-bond acceptors (Lipinski definition) is 6. The summed E-state index contributed by atoms with van der Waals surface area (Å²) in [5, 5.41) is 17.6. The molecule has 7 heteroatoms. The molecular weight excluding hydrogens is 274 g/mol. The molecule has 7 nitrogen and oxygen atoms in total. The Balaban J connectivity index is 1.99. The van der Waals surface area contributed by atoms with Crippen LogP contribution in [-0.2, 0) is 0 Å². The number of ether oxygens (including phenoxy) is 2. The van der Waals surface area contributed by atoms with Gasteiger partial charge in [-0.2, -0.15) is 0 Å². The molecule has 0 atom stereocenters. The fourth-order valence-corrected chi connectivity index (χ4v) is 2.07. The van der Waals surface area contributed by atoms with E-state index in [-0.39, 0.29) is 5.69 Å². The lowest BCUT2D eigenvalue weighted by Crippen LogP contribution is -2.20. The molecule has 0 heterocycles. The highest BCUT2D eigenvalue weighted by atomic mass is 16.6. The van der Waals surface area contributed by atoms with Crippen LogP contribution in [0.3, 0.4) is 0 Å². The van der Waals surface area contributed by atoms with Gasteiger partial charge >= 0.3 is 0 Å². The Morgan fingerprint density at radius 1 is 1.24 bits per heavy atom. The number of methoxy groups -OCH3 is 2. The number of nitro benzene ring substituents is 1. The van der Waals surface area contributed by atoms with E-state index in [1.807, 2.05) is 0 Å². The van der Waals surface area contributed by atoms with E-state index < -0.39 is 4.92 Å². The van der Waals surface area contributed by atoms with Gasteiger partial charge in [0.2, 0.25) is 0 Å². The van der Waals surface area contributed by atoms with Gasteiger partial charge in [-0.3, -0.25) is 10.1 Å². The van der Waals surface area contributed by atoms with Crippen molar-refractivity contribution in [3.05, 3.63) is 22.2 Å². The van der Waals surface area contributed by atoms with Crippen molar-refractivity contribution in [1.82, 2.24) is 5.32 Å². The second-order valence-corrected chi connectivity index (χ2v) is 4.99. The number of hydrogen-bond donors (Lipinski definition) is 2. The molecule has 1 aliphatic carbocycles. The summed E-state index contributed by atoms with van der Waals surface area (Å²) in [4.78, 5) is 10.7. The number of rotatable bonds is 9. The van der Waals surface area contributed by atoms with Gasteiger partial charge < -0.3 is 20.1 Å². The summed E-state index contributed by atoms with van der Waals surface area (Å²) in [6.07, 6.45) is 3.42. The van der Waals surface area contributed by atoms with E-state index in [1.54, 1.807) is 6.07 Å². The zero-order valence-corrected chi connectivity index (χ0v) is 12.3. The van der Waals surface area contributed by atoms with Gasteiger partial charge in [-0.25, -0.2) is 0 Å². The van der Waals surface area contributed by atoms with Crippen molar-refractivity contribution < 1.29 is 14.4 Å². The van der Waals surface area contributed by atoms with Crippen molar-refractivity contribution in [1.29, 1.82) is 0 Å². The van der Waals surface area contributed by atoms with E-state index in [0.717, 1.165) is 13.0 Å². The molecule has 0 amide bonds. The summed E-state index contributed by atoms with van der Waals surface area (Å²) in [5.74, 6) is 0.826. The molecule has 2 rings (SSSR count). The molecule has 1 fully saturated rings. The normalized spacial score (nSPS) is 13.8. The molecule has 0 bridgehead atoms. The lowest BCUT2D eigenvalue weighted by Gasteiger charge is -2.12. The number of anilines is 1. The van der Waals surface area contributed by atoms with E-state index in [9.17, 15) is 10.1 Å². The Hall–Kier alpha value is -2.02. The minimum Gasteiger partial charge on any atom is -0.493 e. The fourth-order valence-electron chi connectivity index (χ4n) is 2.07. The maximum absolute atomic E-state index is 11.1. The molecular formula is C14H21N3O4. The molecule has 1 aliphatic rings. The third-order valence-electron chi connectivity index (χ3n) is 3.38. The maximum Gasteiger partial charge on any atom is 0.296 e. The van der Waals surface area contributed by atoms with Crippen LogP contribution in [0.1, 0.15) is 19.3 Å². The Morgan fingerprint density at radius 3 is 2.48 bits per heavy atom. The second kappa shape index (κ2) is 7.12. The third kappa shape index (κ3) is 4.22. The van der Waals surface area contributed by atoms with Gasteiger partial charge in [0.15, 0.2) is 11.5 Å². The number of nitrogens with zero attached hydrogens (tertiary/aromatic N) is 1. The summed E-state index contributed by atoms with van der Waals surface area (Å²) in [7, 11) is 2.96. The van der Waals surface area contributed by atoms with Gasteiger partial charge in [0.05, 0.1) is 25.2 Å². The molecule has 2 N–H and O–H groups in total. The van der Waals surface area contributed by atoms with Crippen LogP contribution in [0.4, 0.5) is 11.4 Å². The van der Waals surface area contributed by atoms with Gasteiger partial charge in [-0.15, -0.1) is 0 Å². The molecule has 0 aromatic heterocycles. The molecule has 21 heavy (non-hydrogen) atoms. The predicted octanol–water partition coefficient (Wildman–Crippen LogP) is 2.17. The first-order valence-electron chi connectivity index (χ1n) is 7.03. The average molecular weight is 295 g/mol. The van der Waals surface area contributed by atoms with Crippen molar-refractivity contribution in [3.63, 3.8) is 0 Å². The van der Waals surface area contributed by atoms with E-state index in [0.29, 0.717) is 29.8 Å². The van der Waals surface area contributed by atoms with Crippen molar-refractivity contribution >= 4 is 11.4 Å². The highest BCUT2D eigenvalue weighted by molar-refractivity contribution is 5.68. The second-order valence-electron chi connectivity index (χ2n) is 4.99. The average Bonchev–Trinajstić information content (AvgIpc) is 3.30. The molecule has 1 aromatic carbocycles. The number of nitrogens with one attached hydrogen (secondary N) is 2. The zero-order valence-electron chi connectivity index (χ0n) is 12.3. The minimum absolute atomic E-state index is 0.0113. The predicted molar refractivity (Wildman–Crippen MR) is 80.3 cm³/mol. The minimum atomic E-state index is -0.424. The third-order valence-corrected chi connectivity index (χ3v) is 3.38. The monoisotopic (exact) mass is 295 g/mol. The summed E-state index contributed by atoms with van der Waals surface area (Å²) < 4.78 is 10.3. The van der Waals surface area contributed by atoms with Gasteiger partial charge in [0, 0.05) is 18.7 Å². The van der Waals surface area contributed by atoms with Crippen LogP contribution in [0.2, 0.25) is 0 Å². The molecule has 0 unspecified atom stereocenters. The van der Waals surface area contributed by atoms with Crippen LogP contribution < -0.4 is 20.1 Å². The van der Waals surface area contributed by atoms with Gasteiger partial charge in [0.25, 0.3) is 5.69 Å². The molecule has 0 aliphatic heterocycles. The highest BCUT2D eigenvalue weighted by Gasteiger charge is 2.20. The molecule has 0 saturated heterocycles. The highest BCUT2D eigenvalue weighted by Crippen LogP contribution is 2.37. The topological polar surface area (TPSA) is 85.7 Å². The van der Waals surface area contributed by atoms with Crippen LogP contribution in [0.15, 0.2) is 12.1 Å². The summed E-state index contributed by atoms with van der Waals surface area (Å²) in [5.41, 5.74) is 0.437. The largest absolute Gasteiger partial charge is 0.493 e. The fraction of sp³-hybridized carbons (Fsp3) is 0.571. The molecule has 116 valence electrons. The van der Waals surface area contributed by atoms with E-state index in [4.69, 9.17) is 9.47 Å². The molecule has 1 aromatic rings. The van der Waals surface area contributed by atoms with Crippen molar-refractivity contribution in [2.45, 2.75) is 25.3 Å². The first kappa shape index (κ1) is 15.4. The first-order valence-corrected chi connectivity index (χ1v) is 7.03. The Kier molecular flexibility index (Phi) is 5.21.